The van der Waals surface area contributed by atoms with Gasteiger partial charge in [0.15, 0.2) is 12.5 Å². The molecule has 2 amide bonds. The topological polar surface area (TPSA) is 106 Å². The van der Waals surface area contributed by atoms with Crippen molar-refractivity contribution >= 4 is 23.8 Å². The Hall–Kier alpha value is -2.03. The quantitative estimate of drug-likeness (QED) is 0.300. The van der Waals surface area contributed by atoms with Gasteiger partial charge < -0.3 is 25.8 Å². The van der Waals surface area contributed by atoms with Gasteiger partial charge in [-0.2, -0.15) is 0 Å². The Morgan fingerprint density at radius 2 is 1.55 bits per heavy atom. The summed E-state index contributed by atoms with van der Waals surface area (Å²) in [5.74, 6) is 0. The summed E-state index contributed by atoms with van der Waals surface area (Å²) in [7, 11) is 0. The summed E-state index contributed by atoms with van der Waals surface area (Å²) in [6, 6.07) is 6.83. The van der Waals surface area contributed by atoms with Gasteiger partial charge in [0.2, 0.25) is 0 Å². The number of benzene rings is 1. The van der Waals surface area contributed by atoms with Crippen LogP contribution >= 0.6 is 11.6 Å². The Morgan fingerprint density at radius 3 is 2.00 bits per heavy atom. The molecule has 0 saturated carbocycles. The Labute approximate surface area is 190 Å². The molecule has 3 atom stereocenters. The SMILES string of the molecule is CCCCNC(=O)OC(C)N(CC(N)c1cccc(Cl)c1)C(C)OC(=O)NCCCC. The first kappa shape index (κ1) is 27.0. The Morgan fingerprint density at radius 1 is 1.03 bits per heavy atom. The number of unbranched alkanes of at least 4 members (excludes halogenated alkanes) is 2. The van der Waals surface area contributed by atoms with Gasteiger partial charge in [-0.05, 0) is 44.4 Å². The molecule has 1 rings (SSSR count). The van der Waals surface area contributed by atoms with E-state index in [0.29, 0.717) is 18.1 Å². The first-order valence-electron chi connectivity index (χ1n) is 10.9. The molecule has 0 bridgehead atoms. The number of rotatable bonds is 13. The lowest BCUT2D eigenvalue weighted by Gasteiger charge is -2.35. The van der Waals surface area contributed by atoms with E-state index in [-0.39, 0.29) is 6.54 Å². The number of ether oxygens (including phenoxy) is 2. The van der Waals surface area contributed by atoms with E-state index in [0.717, 1.165) is 31.2 Å². The van der Waals surface area contributed by atoms with Gasteiger partial charge in [0.05, 0.1) is 0 Å². The van der Waals surface area contributed by atoms with E-state index >= 15 is 0 Å². The maximum absolute atomic E-state index is 12.1. The van der Waals surface area contributed by atoms with Gasteiger partial charge in [0.25, 0.3) is 0 Å². The molecule has 0 fully saturated rings. The van der Waals surface area contributed by atoms with Gasteiger partial charge in [-0.15, -0.1) is 0 Å². The largest absolute Gasteiger partial charge is 0.430 e. The van der Waals surface area contributed by atoms with Crippen LogP contribution < -0.4 is 16.4 Å². The molecule has 0 aromatic heterocycles. The van der Waals surface area contributed by atoms with Gasteiger partial charge in [-0.25, -0.2) is 14.5 Å². The van der Waals surface area contributed by atoms with Crippen molar-refractivity contribution in [3.05, 3.63) is 34.9 Å². The summed E-state index contributed by atoms with van der Waals surface area (Å²) >= 11 is 6.08. The number of nitrogens with zero attached hydrogens (tertiary/aromatic N) is 1. The molecule has 9 heteroatoms. The minimum atomic E-state index is -0.676. The third kappa shape index (κ3) is 10.7. The van der Waals surface area contributed by atoms with Crippen LogP contribution in [0, 0.1) is 0 Å². The molecule has 1 aromatic carbocycles. The predicted octanol–water partition coefficient (Wildman–Crippen LogP) is 4.39. The monoisotopic (exact) mass is 456 g/mol. The Kier molecular flexibility index (Phi) is 13.0. The smallest absolute Gasteiger partial charge is 0.408 e. The lowest BCUT2D eigenvalue weighted by atomic mass is 10.1. The average Bonchev–Trinajstić information content (AvgIpc) is 2.71. The van der Waals surface area contributed by atoms with E-state index < -0.39 is 30.7 Å². The lowest BCUT2D eigenvalue weighted by Crippen LogP contribution is -2.49. The van der Waals surface area contributed by atoms with Gasteiger partial charge in [0.1, 0.15) is 0 Å². The molecule has 0 aliphatic rings. The second kappa shape index (κ2) is 14.9. The number of nitrogens with two attached hydrogens (primary N) is 1. The number of alkyl carbamates (subject to hydrolysis) is 2. The molecule has 0 aliphatic heterocycles. The molecule has 0 saturated heterocycles. The maximum atomic E-state index is 12.1. The van der Waals surface area contributed by atoms with E-state index in [9.17, 15) is 9.59 Å². The van der Waals surface area contributed by atoms with Crippen molar-refractivity contribution in [2.24, 2.45) is 5.73 Å². The number of carbonyl (C=O) groups is 2. The zero-order valence-corrected chi connectivity index (χ0v) is 19.8. The van der Waals surface area contributed by atoms with Crippen LogP contribution in [-0.4, -0.2) is 49.2 Å². The van der Waals surface area contributed by atoms with E-state index in [1.165, 1.54) is 0 Å². The highest BCUT2D eigenvalue weighted by atomic mass is 35.5. The van der Waals surface area contributed by atoms with Crippen molar-refractivity contribution < 1.29 is 19.1 Å². The van der Waals surface area contributed by atoms with Crippen LogP contribution in [0.2, 0.25) is 5.02 Å². The third-order valence-electron chi connectivity index (χ3n) is 4.77. The van der Waals surface area contributed by atoms with Crippen LogP contribution in [0.25, 0.3) is 0 Å². The van der Waals surface area contributed by atoms with Crippen molar-refractivity contribution in [1.29, 1.82) is 0 Å². The van der Waals surface area contributed by atoms with E-state index in [4.69, 9.17) is 26.8 Å². The fraction of sp³-hybridized carbons (Fsp3) is 0.636. The normalized spacial score (nSPS) is 13.9. The van der Waals surface area contributed by atoms with Crippen LogP contribution in [0.1, 0.15) is 65.0 Å². The summed E-state index contributed by atoms with van der Waals surface area (Å²) in [6.45, 7) is 8.88. The van der Waals surface area contributed by atoms with Crippen LogP contribution in [-0.2, 0) is 9.47 Å². The standard InChI is InChI=1S/C22H37ClN4O4/c1-5-7-12-25-21(28)30-16(3)27(17(4)31-22(29)26-13-8-6-2)15-20(24)18-10-9-11-19(23)14-18/h9-11,14,16-17,20H,5-8,12-13,15,24H2,1-4H3,(H,25,28)(H,26,29). The van der Waals surface area contributed by atoms with Gasteiger partial charge in [0, 0.05) is 30.7 Å². The van der Waals surface area contributed by atoms with Gasteiger partial charge in [-0.3, -0.25) is 0 Å². The summed E-state index contributed by atoms with van der Waals surface area (Å²) in [5.41, 5.74) is 7.22. The summed E-state index contributed by atoms with van der Waals surface area (Å²) in [5, 5.41) is 6.02. The highest BCUT2D eigenvalue weighted by Gasteiger charge is 2.28. The minimum Gasteiger partial charge on any atom is -0.430 e. The minimum absolute atomic E-state index is 0.285. The number of hydrogen-bond donors (Lipinski definition) is 3. The zero-order chi connectivity index (χ0) is 23.2. The molecule has 31 heavy (non-hydrogen) atoms. The highest BCUT2D eigenvalue weighted by Crippen LogP contribution is 2.20. The highest BCUT2D eigenvalue weighted by molar-refractivity contribution is 6.30. The first-order chi connectivity index (χ1) is 14.8. The molecule has 8 nitrogen and oxygen atoms in total. The van der Waals surface area contributed by atoms with E-state index in [1.54, 1.807) is 30.9 Å². The van der Waals surface area contributed by atoms with Gasteiger partial charge >= 0.3 is 12.2 Å². The molecule has 4 N–H and O–H groups in total. The zero-order valence-electron chi connectivity index (χ0n) is 19.0. The molecule has 3 unspecified atom stereocenters. The molecule has 176 valence electrons. The van der Waals surface area contributed by atoms with E-state index in [2.05, 4.69) is 10.6 Å². The van der Waals surface area contributed by atoms with Crippen molar-refractivity contribution in [3.63, 3.8) is 0 Å². The summed E-state index contributed by atoms with van der Waals surface area (Å²) < 4.78 is 11.0. The molecule has 1 aromatic rings. The molecule has 0 aliphatic carbocycles. The fourth-order valence-corrected chi connectivity index (χ4v) is 3.12. The van der Waals surface area contributed by atoms with Crippen LogP contribution in [0.15, 0.2) is 24.3 Å². The summed E-state index contributed by atoms with van der Waals surface area (Å²) in [6.07, 6.45) is 1.26. The number of carbonyl (C=O) groups excluding carboxylic acids is 2. The van der Waals surface area contributed by atoms with Crippen LogP contribution in [0.5, 0.6) is 0 Å². The van der Waals surface area contributed by atoms with E-state index in [1.807, 2.05) is 26.0 Å². The Bertz CT molecular complexity index is 647. The molecular weight excluding hydrogens is 420 g/mol. The third-order valence-corrected chi connectivity index (χ3v) is 5.01. The maximum Gasteiger partial charge on any atom is 0.408 e. The van der Waals surface area contributed by atoms with Crippen molar-refractivity contribution in [1.82, 2.24) is 15.5 Å². The molecule has 0 heterocycles. The Balaban J connectivity index is 2.84. The first-order valence-corrected chi connectivity index (χ1v) is 11.3. The number of amides is 2. The molecular formula is C22H37ClN4O4. The average molecular weight is 457 g/mol. The van der Waals surface area contributed by atoms with Gasteiger partial charge in [-0.1, -0.05) is 50.4 Å². The predicted molar refractivity (Wildman–Crippen MR) is 123 cm³/mol. The number of halogens is 1. The number of hydrogen-bond acceptors (Lipinski definition) is 6. The summed E-state index contributed by atoms with van der Waals surface area (Å²) in [4.78, 5) is 26.0. The fourth-order valence-electron chi connectivity index (χ4n) is 2.93. The molecule has 0 radical (unpaired) electrons. The van der Waals surface area contributed by atoms with Crippen molar-refractivity contribution in [2.45, 2.75) is 71.9 Å². The second-order valence-corrected chi connectivity index (χ2v) is 7.86. The van der Waals surface area contributed by atoms with Crippen LogP contribution in [0.3, 0.4) is 0 Å². The van der Waals surface area contributed by atoms with Crippen LogP contribution in [0.4, 0.5) is 9.59 Å². The second-order valence-electron chi connectivity index (χ2n) is 7.43. The number of nitrogens with one attached hydrogen (secondary N) is 2. The lowest BCUT2D eigenvalue weighted by molar-refractivity contribution is -0.0940. The molecule has 0 spiro atoms. The van der Waals surface area contributed by atoms with Crippen molar-refractivity contribution in [3.8, 4) is 0 Å². The van der Waals surface area contributed by atoms with Crippen molar-refractivity contribution in [2.75, 3.05) is 19.6 Å².